The van der Waals surface area contributed by atoms with E-state index in [1.807, 2.05) is 37.3 Å². The molecule has 0 saturated carbocycles. The molecule has 1 amide bonds. The standard InChI is InChI=1S/C23H20BrN3O3/c1-16-5-9-20(10-6-16)25-15-22(28)27-26-14-17-7-11-21(12-8-17)30-23(29)18-3-2-4-19(24)13-18/h2-14,25H,15H2,1H3,(H,27,28)/b26-14-. The molecule has 0 radical (unpaired) electrons. The van der Waals surface area contributed by atoms with Crippen molar-refractivity contribution in [1.29, 1.82) is 0 Å². The summed E-state index contributed by atoms with van der Waals surface area (Å²) < 4.78 is 6.16. The molecule has 0 fully saturated rings. The minimum atomic E-state index is -0.439. The van der Waals surface area contributed by atoms with Crippen molar-refractivity contribution in [3.05, 3.63) is 94.0 Å². The molecule has 0 saturated heterocycles. The number of carbonyl (C=O) groups excluding carboxylic acids is 2. The van der Waals surface area contributed by atoms with Crippen LogP contribution in [0.25, 0.3) is 0 Å². The van der Waals surface area contributed by atoms with Gasteiger partial charge in [0.1, 0.15) is 5.75 Å². The van der Waals surface area contributed by atoms with Crippen molar-refractivity contribution in [3.63, 3.8) is 0 Å². The average Bonchev–Trinajstić information content (AvgIpc) is 2.74. The van der Waals surface area contributed by atoms with Crippen molar-refractivity contribution in [1.82, 2.24) is 5.43 Å². The first-order valence-corrected chi connectivity index (χ1v) is 9.99. The van der Waals surface area contributed by atoms with Gasteiger partial charge in [-0.15, -0.1) is 0 Å². The van der Waals surface area contributed by atoms with Crippen LogP contribution < -0.4 is 15.5 Å². The first-order valence-electron chi connectivity index (χ1n) is 9.20. The lowest BCUT2D eigenvalue weighted by Gasteiger charge is -2.06. The van der Waals surface area contributed by atoms with Crippen LogP contribution in [-0.2, 0) is 4.79 Å². The first-order chi connectivity index (χ1) is 14.5. The summed E-state index contributed by atoms with van der Waals surface area (Å²) in [5, 5.41) is 6.96. The van der Waals surface area contributed by atoms with E-state index < -0.39 is 5.97 Å². The predicted octanol–water partition coefficient (Wildman–Crippen LogP) is 4.54. The number of halogens is 1. The smallest absolute Gasteiger partial charge is 0.343 e. The molecule has 3 aromatic rings. The zero-order valence-electron chi connectivity index (χ0n) is 16.3. The van der Waals surface area contributed by atoms with Gasteiger partial charge in [0.15, 0.2) is 0 Å². The van der Waals surface area contributed by atoms with E-state index in [0.717, 1.165) is 21.3 Å². The number of aryl methyl sites for hydroxylation is 1. The van der Waals surface area contributed by atoms with Gasteiger partial charge in [-0.3, -0.25) is 4.79 Å². The second-order valence-corrected chi connectivity index (χ2v) is 7.40. The van der Waals surface area contributed by atoms with Gasteiger partial charge in [0.2, 0.25) is 0 Å². The van der Waals surface area contributed by atoms with Gasteiger partial charge in [0.05, 0.1) is 18.3 Å². The Morgan fingerprint density at radius 1 is 1.03 bits per heavy atom. The summed E-state index contributed by atoms with van der Waals surface area (Å²) in [7, 11) is 0. The summed E-state index contributed by atoms with van der Waals surface area (Å²) in [5.41, 5.74) is 5.70. The lowest BCUT2D eigenvalue weighted by molar-refractivity contribution is -0.119. The molecule has 0 spiro atoms. The number of nitrogens with one attached hydrogen (secondary N) is 2. The molecule has 0 aliphatic rings. The predicted molar refractivity (Wildman–Crippen MR) is 121 cm³/mol. The summed E-state index contributed by atoms with van der Waals surface area (Å²) in [4.78, 5) is 24.0. The van der Waals surface area contributed by atoms with Gasteiger partial charge in [-0.2, -0.15) is 5.10 Å². The quantitative estimate of drug-likeness (QED) is 0.232. The molecule has 0 aliphatic heterocycles. The normalized spacial score (nSPS) is 10.6. The molecule has 0 bridgehead atoms. The van der Waals surface area contributed by atoms with Gasteiger partial charge in [0.25, 0.3) is 5.91 Å². The second kappa shape index (κ2) is 10.4. The zero-order valence-corrected chi connectivity index (χ0v) is 17.8. The fourth-order valence-corrected chi connectivity index (χ4v) is 2.87. The molecule has 0 aromatic heterocycles. The lowest BCUT2D eigenvalue weighted by atomic mass is 10.2. The Kier molecular flexibility index (Phi) is 7.34. The fraction of sp³-hybridized carbons (Fsp3) is 0.0870. The van der Waals surface area contributed by atoms with Crippen LogP contribution >= 0.6 is 15.9 Å². The fourth-order valence-electron chi connectivity index (χ4n) is 2.48. The number of carbonyl (C=O) groups is 2. The highest BCUT2D eigenvalue weighted by atomic mass is 79.9. The molecular weight excluding hydrogens is 446 g/mol. The average molecular weight is 466 g/mol. The number of hydrogen-bond acceptors (Lipinski definition) is 5. The molecule has 0 unspecified atom stereocenters. The number of amides is 1. The van der Waals surface area contributed by atoms with Crippen molar-refractivity contribution in [3.8, 4) is 5.75 Å². The molecule has 2 N–H and O–H groups in total. The van der Waals surface area contributed by atoms with Crippen LogP contribution in [0.1, 0.15) is 21.5 Å². The summed E-state index contributed by atoms with van der Waals surface area (Å²) in [6.07, 6.45) is 1.52. The molecule has 30 heavy (non-hydrogen) atoms. The summed E-state index contributed by atoms with van der Waals surface area (Å²) >= 11 is 3.33. The van der Waals surface area contributed by atoms with E-state index in [1.165, 1.54) is 6.21 Å². The Balaban J connectivity index is 1.46. The third kappa shape index (κ3) is 6.56. The van der Waals surface area contributed by atoms with E-state index in [-0.39, 0.29) is 12.5 Å². The molecule has 0 heterocycles. The van der Waals surface area contributed by atoms with Crippen molar-refractivity contribution in [2.24, 2.45) is 5.10 Å². The summed E-state index contributed by atoms with van der Waals surface area (Å²) in [6, 6.07) is 21.6. The third-order valence-electron chi connectivity index (χ3n) is 4.06. The van der Waals surface area contributed by atoms with Crippen LogP contribution in [0, 0.1) is 6.92 Å². The molecular formula is C23H20BrN3O3. The van der Waals surface area contributed by atoms with E-state index in [1.54, 1.807) is 42.5 Å². The number of anilines is 1. The van der Waals surface area contributed by atoms with Crippen LogP contribution in [0.3, 0.4) is 0 Å². The largest absolute Gasteiger partial charge is 0.423 e. The molecule has 0 atom stereocenters. The van der Waals surface area contributed by atoms with E-state index in [0.29, 0.717) is 11.3 Å². The Bertz CT molecular complexity index is 1050. The molecule has 3 rings (SSSR count). The van der Waals surface area contributed by atoms with E-state index in [4.69, 9.17) is 4.74 Å². The Morgan fingerprint density at radius 3 is 2.47 bits per heavy atom. The Hall–Kier alpha value is -3.45. The van der Waals surface area contributed by atoms with Crippen LogP contribution in [-0.4, -0.2) is 24.6 Å². The van der Waals surface area contributed by atoms with E-state index >= 15 is 0 Å². The number of rotatable bonds is 7. The maximum Gasteiger partial charge on any atom is 0.343 e. The SMILES string of the molecule is Cc1ccc(NCC(=O)N/N=C\c2ccc(OC(=O)c3cccc(Br)c3)cc2)cc1. The monoisotopic (exact) mass is 465 g/mol. The third-order valence-corrected chi connectivity index (χ3v) is 4.55. The van der Waals surface area contributed by atoms with Crippen LogP contribution in [0.15, 0.2) is 82.4 Å². The minimum Gasteiger partial charge on any atom is -0.423 e. The van der Waals surface area contributed by atoms with Crippen LogP contribution in [0.5, 0.6) is 5.75 Å². The number of nitrogens with zero attached hydrogens (tertiary/aromatic N) is 1. The number of hydrogen-bond donors (Lipinski definition) is 2. The lowest BCUT2D eigenvalue weighted by Crippen LogP contribution is -2.25. The topological polar surface area (TPSA) is 79.8 Å². The van der Waals surface area contributed by atoms with Crippen molar-refractivity contribution < 1.29 is 14.3 Å². The summed E-state index contributed by atoms with van der Waals surface area (Å²) in [6.45, 7) is 2.12. The molecule has 7 heteroatoms. The molecule has 0 aliphatic carbocycles. The Morgan fingerprint density at radius 2 is 1.77 bits per heavy atom. The number of esters is 1. The van der Waals surface area contributed by atoms with Crippen molar-refractivity contribution in [2.75, 3.05) is 11.9 Å². The van der Waals surface area contributed by atoms with Gasteiger partial charge in [0, 0.05) is 10.2 Å². The Labute approximate surface area is 183 Å². The van der Waals surface area contributed by atoms with Gasteiger partial charge >= 0.3 is 5.97 Å². The van der Waals surface area contributed by atoms with Crippen LogP contribution in [0.4, 0.5) is 5.69 Å². The van der Waals surface area contributed by atoms with E-state index in [2.05, 4.69) is 31.8 Å². The van der Waals surface area contributed by atoms with Gasteiger partial charge in [-0.1, -0.05) is 39.7 Å². The van der Waals surface area contributed by atoms with Crippen molar-refractivity contribution >= 4 is 39.7 Å². The molecule has 6 nitrogen and oxygen atoms in total. The molecule has 3 aromatic carbocycles. The van der Waals surface area contributed by atoms with Gasteiger partial charge < -0.3 is 10.1 Å². The zero-order chi connectivity index (χ0) is 21.3. The molecule has 152 valence electrons. The number of hydrazone groups is 1. The highest BCUT2D eigenvalue weighted by Crippen LogP contribution is 2.16. The first kappa shape index (κ1) is 21.3. The number of benzene rings is 3. The summed E-state index contributed by atoms with van der Waals surface area (Å²) in [5.74, 6) is -0.277. The van der Waals surface area contributed by atoms with Gasteiger partial charge in [-0.05, 0) is 67.1 Å². The second-order valence-electron chi connectivity index (χ2n) is 6.48. The van der Waals surface area contributed by atoms with Crippen LogP contribution in [0.2, 0.25) is 0 Å². The highest BCUT2D eigenvalue weighted by molar-refractivity contribution is 9.10. The maximum atomic E-state index is 12.2. The minimum absolute atomic E-state index is 0.116. The van der Waals surface area contributed by atoms with Crippen molar-refractivity contribution in [2.45, 2.75) is 6.92 Å². The number of ether oxygens (including phenoxy) is 1. The van der Waals surface area contributed by atoms with Gasteiger partial charge in [-0.25, -0.2) is 10.2 Å². The van der Waals surface area contributed by atoms with E-state index in [9.17, 15) is 9.59 Å². The maximum absolute atomic E-state index is 12.2. The highest BCUT2D eigenvalue weighted by Gasteiger charge is 2.08.